The topological polar surface area (TPSA) is 12.0 Å². The Kier molecular flexibility index (Phi) is 1.75. The molecule has 1 N–H and O–H groups in total. The van der Waals surface area contributed by atoms with Crippen molar-refractivity contribution >= 4 is 5.69 Å². The lowest BCUT2D eigenvalue weighted by molar-refractivity contribution is 0.621. The quantitative estimate of drug-likeness (QED) is 0.623. The number of hydrogen-bond donors (Lipinski definition) is 1. The molecule has 1 atom stereocenters. The van der Waals surface area contributed by atoms with Crippen LogP contribution >= 0.6 is 0 Å². The minimum atomic E-state index is -0.157. The van der Waals surface area contributed by atoms with Gasteiger partial charge in [0.05, 0.1) is 0 Å². The van der Waals surface area contributed by atoms with Gasteiger partial charge in [-0.1, -0.05) is 13.0 Å². The van der Waals surface area contributed by atoms with Gasteiger partial charge in [-0.3, -0.25) is 0 Å². The summed E-state index contributed by atoms with van der Waals surface area (Å²) in [5.74, 6) is 0.400. The van der Waals surface area contributed by atoms with Crippen LogP contribution in [0.2, 0.25) is 0 Å². The van der Waals surface area contributed by atoms with E-state index in [1.54, 1.807) is 6.07 Å². The van der Waals surface area contributed by atoms with Gasteiger partial charge >= 0.3 is 0 Å². The summed E-state index contributed by atoms with van der Waals surface area (Å²) >= 11 is 0. The molecule has 0 spiro atoms. The fourth-order valence-corrected chi connectivity index (χ4v) is 1.69. The highest BCUT2D eigenvalue weighted by Crippen LogP contribution is 2.31. The van der Waals surface area contributed by atoms with Crippen molar-refractivity contribution in [2.75, 3.05) is 11.9 Å². The van der Waals surface area contributed by atoms with Gasteiger partial charge in [-0.25, -0.2) is 4.39 Å². The summed E-state index contributed by atoms with van der Waals surface area (Å²) in [5, 5.41) is 3.19. The number of hydrogen-bond acceptors (Lipinski definition) is 1. The number of halogens is 1. The minimum absolute atomic E-state index is 0.157. The zero-order valence-corrected chi connectivity index (χ0v) is 7.10. The number of anilines is 1. The molecule has 1 aliphatic heterocycles. The van der Waals surface area contributed by atoms with Crippen molar-refractivity contribution in [2.45, 2.75) is 19.3 Å². The molecule has 2 rings (SSSR count). The first-order chi connectivity index (χ1) is 5.77. The maximum absolute atomic E-state index is 12.8. The van der Waals surface area contributed by atoms with Gasteiger partial charge in [0.15, 0.2) is 0 Å². The van der Waals surface area contributed by atoms with E-state index in [0.29, 0.717) is 5.92 Å². The zero-order chi connectivity index (χ0) is 8.55. The molecule has 1 aromatic rings. The number of rotatable bonds is 0. The van der Waals surface area contributed by atoms with E-state index in [0.717, 1.165) is 18.7 Å². The standard InChI is InChI=1S/C10H12FN/c1-7-4-5-12-10-6-8(11)2-3-9(7)10/h2-3,6-7,12H,4-5H2,1H3/t7-/m1/s1. The smallest absolute Gasteiger partial charge is 0.125 e. The molecule has 0 radical (unpaired) electrons. The highest BCUT2D eigenvalue weighted by Gasteiger charge is 2.15. The second-order valence-corrected chi connectivity index (χ2v) is 3.35. The van der Waals surface area contributed by atoms with Crippen LogP contribution < -0.4 is 5.32 Å². The Labute approximate surface area is 71.6 Å². The molecule has 12 heavy (non-hydrogen) atoms. The van der Waals surface area contributed by atoms with Crippen LogP contribution in [0.3, 0.4) is 0 Å². The van der Waals surface area contributed by atoms with E-state index in [-0.39, 0.29) is 5.82 Å². The van der Waals surface area contributed by atoms with Gasteiger partial charge in [0.1, 0.15) is 5.82 Å². The average Bonchev–Trinajstić information content (AvgIpc) is 2.04. The van der Waals surface area contributed by atoms with Gasteiger partial charge < -0.3 is 5.32 Å². The van der Waals surface area contributed by atoms with Crippen molar-refractivity contribution in [1.82, 2.24) is 0 Å². The van der Waals surface area contributed by atoms with Crippen molar-refractivity contribution in [1.29, 1.82) is 0 Å². The molecule has 1 heterocycles. The third-order valence-corrected chi connectivity index (χ3v) is 2.44. The van der Waals surface area contributed by atoms with Gasteiger partial charge in [0, 0.05) is 12.2 Å². The molecule has 2 heteroatoms. The molecule has 0 amide bonds. The predicted molar refractivity (Wildman–Crippen MR) is 47.9 cm³/mol. The fraction of sp³-hybridized carbons (Fsp3) is 0.400. The summed E-state index contributed by atoms with van der Waals surface area (Å²) in [4.78, 5) is 0. The summed E-state index contributed by atoms with van der Waals surface area (Å²) in [7, 11) is 0. The van der Waals surface area contributed by atoms with E-state index in [1.165, 1.54) is 11.6 Å². The Morgan fingerprint density at radius 3 is 3.17 bits per heavy atom. The van der Waals surface area contributed by atoms with E-state index >= 15 is 0 Å². The van der Waals surface area contributed by atoms with Crippen LogP contribution in [-0.4, -0.2) is 6.54 Å². The molecule has 0 bridgehead atoms. The maximum Gasteiger partial charge on any atom is 0.125 e. The molecule has 64 valence electrons. The van der Waals surface area contributed by atoms with E-state index in [4.69, 9.17) is 0 Å². The van der Waals surface area contributed by atoms with Crippen LogP contribution in [0.4, 0.5) is 10.1 Å². The lowest BCUT2D eigenvalue weighted by Gasteiger charge is -2.23. The highest BCUT2D eigenvalue weighted by atomic mass is 19.1. The van der Waals surface area contributed by atoms with Crippen molar-refractivity contribution in [3.05, 3.63) is 29.6 Å². The summed E-state index contributed by atoms with van der Waals surface area (Å²) < 4.78 is 12.8. The first-order valence-corrected chi connectivity index (χ1v) is 4.30. The monoisotopic (exact) mass is 165 g/mol. The molecule has 0 fully saturated rings. The molecular weight excluding hydrogens is 153 g/mol. The third-order valence-electron chi connectivity index (χ3n) is 2.44. The predicted octanol–water partition coefficient (Wildman–Crippen LogP) is 2.74. The normalized spacial score (nSPS) is 21.3. The van der Waals surface area contributed by atoms with Crippen molar-refractivity contribution in [3.63, 3.8) is 0 Å². The molecular formula is C10H12FN. The number of fused-ring (bicyclic) bond motifs is 1. The van der Waals surface area contributed by atoms with Crippen molar-refractivity contribution < 1.29 is 4.39 Å². The molecule has 1 aliphatic rings. The minimum Gasteiger partial charge on any atom is -0.385 e. The molecule has 0 saturated heterocycles. The Bertz CT molecular complexity index is 296. The molecule has 1 aromatic carbocycles. The number of nitrogens with one attached hydrogen (secondary N) is 1. The van der Waals surface area contributed by atoms with Gasteiger partial charge in [-0.15, -0.1) is 0 Å². The summed E-state index contributed by atoms with van der Waals surface area (Å²) in [6.45, 7) is 3.13. The van der Waals surface area contributed by atoms with Crippen LogP contribution in [0.1, 0.15) is 24.8 Å². The first kappa shape index (κ1) is 7.59. The van der Waals surface area contributed by atoms with Crippen molar-refractivity contribution in [3.8, 4) is 0 Å². The van der Waals surface area contributed by atoms with E-state index in [9.17, 15) is 4.39 Å². The average molecular weight is 165 g/mol. The Balaban J connectivity index is 2.46. The Hall–Kier alpha value is -1.05. The molecule has 0 saturated carbocycles. The van der Waals surface area contributed by atoms with Crippen LogP contribution in [0.15, 0.2) is 18.2 Å². The van der Waals surface area contributed by atoms with Crippen LogP contribution in [-0.2, 0) is 0 Å². The molecule has 0 unspecified atom stereocenters. The molecule has 0 aliphatic carbocycles. The van der Waals surface area contributed by atoms with Crippen LogP contribution in [0, 0.1) is 5.82 Å². The lowest BCUT2D eigenvalue weighted by Crippen LogP contribution is -2.14. The van der Waals surface area contributed by atoms with Gasteiger partial charge in [0.2, 0.25) is 0 Å². The van der Waals surface area contributed by atoms with E-state index < -0.39 is 0 Å². The fourth-order valence-electron chi connectivity index (χ4n) is 1.69. The summed E-state index contributed by atoms with van der Waals surface area (Å²) in [6.07, 6.45) is 1.14. The third kappa shape index (κ3) is 1.17. The Morgan fingerprint density at radius 2 is 2.33 bits per heavy atom. The van der Waals surface area contributed by atoms with Crippen LogP contribution in [0.25, 0.3) is 0 Å². The van der Waals surface area contributed by atoms with E-state index in [1.807, 2.05) is 6.07 Å². The zero-order valence-electron chi connectivity index (χ0n) is 7.10. The van der Waals surface area contributed by atoms with Gasteiger partial charge in [-0.05, 0) is 30.0 Å². The highest BCUT2D eigenvalue weighted by molar-refractivity contribution is 5.54. The first-order valence-electron chi connectivity index (χ1n) is 4.30. The molecule has 1 nitrogen and oxygen atoms in total. The lowest BCUT2D eigenvalue weighted by atomic mass is 9.93. The molecule has 0 aromatic heterocycles. The van der Waals surface area contributed by atoms with E-state index in [2.05, 4.69) is 12.2 Å². The van der Waals surface area contributed by atoms with Crippen molar-refractivity contribution in [2.24, 2.45) is 0 Å². The van der Waals surface area contributed by atoms with Crippen LogP contribution in [0.5, 0.6) is 0 Å². The largest absolute Gasteiger partial charge is 0.385 e. The Morgan fingerprint density at radius 1 is 1.50 bits per heavy atom. The summed E-state index contributed by atoms with van der Waals surface area (Å²) in [5.41, 5.74) is 2.20. The number of benzene rings is 1. The van der Waals surface area contributed by atoms with Gasteiger partial charge in [0.25, 0.3) is 0 Å². The maximum atomic E-state index is 12.8. The second-order valence-electron chi connectivity index (χ2n) is 3.35. The van der Waals surface area contributed by atoms with Gasteiger partial charge in [-0.2, -0.15) is 0 Å². The second kappa shape index (κ2) is 2.77. The SMILES string of the molecule is C[C@@H]1CCNc2cc(F)ccc21. The summed E-state index contributed by atoms with van der Waals surface area (Å²) in [6, 6.07) is 4.98.